The Bertz CT molecular complexity index is 698. The number of benzene rings is 2. The number of aromatic amines is 1. The number of hydrogen-bond acceptors (Lipinski definition) is 4. The fraction of sp³-hybridized carbons (Fsp3) is 0.133. The largest absolute Gasteiger partial charge is 0.492 e. The van der Waals surface area contributed by atoms with Crippen molar-refractivity contribution in [3.63, 3.8) is 0 Å². The Kier molecular flexibility index (Phi) is 4.12. The van der Waals surface area contributed by atoms with E-state index in [1.807, 2.05) is 48.5 Å². The summed E-state index contributed by atoms with van der Waals surface area (Å²) < 4.78 is 5.48. The van der Waals surface area contributed by atoms with Crippen LogP contribution in [0.25, 0.3) is 22.5 Å². The summed E-state index contributed by atoms with van der Waals surface area (Å²) in [7, 11) is 0. The van der Waals surface area contributed by atoms with E-state index in [9.17, 15) is 0 Å². The van der Waals surface area contributed by atoms with Crippen molar-refractivity contribution in [2.24, 2.45) is 0 Å². The zero-order valence-electron chi connectivity index (χ0n) is 11.2. The summed E-state index contributed by atoms with van der Waals surface area (Å²) in [6.07, 6.45) is 0. The van der Waals surface area contributed by atoms with Crippen molar-refractivity contribution < 1.29 is 4.74 Å². The molecule has 1 aromatic heterocycles. The van der Waals surface area contributed by atoms with Crippen LogP contribution in [0.15, 0.2) is 48.5 Å². The highest BCUT2D eigenvalue weighted by Gasteiger charge is 2.09. The Hall–Kier alpha value is -2.40. The van der Waals surface area contributed by atoms with Gasteiger partial charge in [-0.3, -0.25) is 0 Å². The second-order valence-electron chi connectivity index (χ2n) is 4.36. The molecule has 0 radical (unpaired) electrons. The standard InChI is InChI=1S/C15H13ClN4O/c16-9-10-21-12-7-5-11(6-8-12)13-3-1-2-4-14(13)15-17-19-20-18-15/h1-8H,9-10H2,(H,17,18,19,20). The summed E-state index contributed by atoms with van der Waals surface area (Å²) in [5, 5.41) is 14.0. The highest BCUT2D eigenvalue weighted by atomic mass is 35.5. The number of halogens is 1. The van der Waals surface area contributed by atoms with Crippen LogP contribution in [0.2, 0.25) is 0 Å². The van der Waals surface area contributed by atoms with Gasteiger partial charge in [-0.15, -0.1) is 16.7 Å². The molecule has 1 N–H and O–H groups in total. The number of ether oxygens (including phenoxy) is 1. The van der Waals surface area contributed by atoms with Gasteiger partial charge in [0.2, 0.25) is 0 Å². The highest BCUT2D eigenvalue weighted by molar-refractivity contribution is 6.18. The van der Waals surface area contributed by atoms with Crippen LogP contribution in [0.5, 0.6) is 5.75 Å². The normalized spacial score (nSPS) is 10.5. The Morgan fingerprint density at radius 3 is 2.43 bits per heavy atom. The minimum Gasteiger partial charge on any atom is -0.492 e. The van der Waals surface area contributed by atoms with Gasteiger partial charge in [-0.2, -0.15) is 0 Å². The molecule has 1 heterocycles. The molecule has 0 saturated heterocycles. The van der Waals surface area contributed by atoms with E-state index < -0.39 is 0 Å². The van der Waals surface area contributed by atoms with Crippen LogP contribution in [0, 0.1) is 0 Å². The van der Waals surface area contributed by atoms with E-state index in [1.54, 1.807) is 0 Å². The lowest BCUT2D eigenvalue weighted by molar-refractivity contribution is 0.343. The first kappa shape index (κ1) is 13.6. The van der Waals surface area contributed by atoms with E-state index in [0.717, 1.165) is 22.4 Å². The predicted octanol–water partition coefficient (Wildman–Crippen LogP) is 3.15. The lowest BCUT2D eigenvalue weighted by Crippen LogP contribution is -1.97. The Labute approximate surface area is 126 Å². The molecule has 6 heteroatoms. The Morgan fingerprint density at radius 2 is 1.76 bits per heavy atom. The molecule has 0 amide bonds. The predicted molar refractivity (Wildman–Crippen MR) is 81.3 cm³/mol. The molecule has 106 valence electrons. The van der Waals surface area contributed by atoms with Gasteiger partial charge in [-0.25, -0.2) is 5.10 Å². The van der Waals surface area contributed by atoms with Gasteiger partial charge >= 0.3 is 0 Å². The first-order valence-corrected chi connectivity index (χ1v) is 7.04. The number of nitrogens with zero attached hydrogens (tertiary/aromatic N) is 3. The maximum atomic E-state index is 5.61. The second kappa shape index (κ2) is 6.37. The topological polar surface area (TPSA) is 63.7 Å². The quantitative estimate of drug-likeness (QED) is 0.735. The third-order valence-corrected chi connectivity index (χ3v) is 3.19. The van der Waals surface area contributed by atoms with Gasteiger partial charge in [0.1, 0.15) is 12.4 Å². The van der Waals surface area contributed by atoms with Crippen LogP contribution in [0.3, 0.4) is 0 Å². The average molecular weight is 301 g/mol. The van der Waals surface area contributed by atoms with Crippen LogP contribution in [-0.2, 0) is 0 Å². The van der Waals surface area contributed by atoms with Gasteiger partial charge in [0.25, 0.3) is 0 Å². The molecule has 3 rings (SSSR count). The number of rotatable bonds is 5. The van der Waals surface area contributed by atoms with E-state index in [1.165, 1.54) is 0 Å². The lowest BCUT2D eigenvalue weighted by Gasteiger charge is -2.08. The molecule has 3 aromatic rings. The van der Waals surface area contributed by atoms with Gasteiger partial charge in [-0.05, 0) is 33.7 Å². The van der Waals surface area contributed by atoms with E-state index in [0.29, 0.717) is 18.3 Å². The van der Waals surface area contributed by atoms with Crippen LogP contribution in [-0.4, -0.2) is 33.1 Å². The number of tetrazole rings is 1. The maximum absolute atomic E-state index is 5.61. The zero-order chi connectivity index (χ0) is 14.5. The monoisotopic (exact) mass is 300 g/mol. The molecule has 0 spiro atoms. The molecule has 0 aliphatic heterocycles. The molecule has 2 aromatic carbocycles. The fourth-order valence-corrected chi connectivity index (χ4v) is 2.18. The van der Waals surface area contributed by atoms with Crippen molar-refractivity contribution in [1.82, 2.24) is 20.6 Å². The highest BCUT2D eigenvalue weighted by Crippen LogP contribution is 2.30. The van der Waals surface area contributed by atoms with Gasteiger partial charge in [0.05, 0.1) is 5.88 Å². The third kappa shape index (κ3) is 3.03. The lowest BCUT2D eigenvalue weighted by atomic mass is 9.99. The summed E-state index contributed by atoms with van der Waals surface area (Å²) in [5.41, 5.74) is 3.08. The van der Waals surface area contributed by atoms with E-state index in [2.05, 4.69) is 20.6 Å². The van der Waals surface area contributed by atoms with Crippen LogP contribution >= 0.6 is 11.6 Å². The van der Waals surface area contributed by atoms with E-state index in [4.69, 9.17) is 16.3 Å². The number of alkyl halides is 1. The number of hydrogen-bond donors (Lipinski definition) is 1. The van der Waals surface area contributed by atoms with Crippen molar-refractivity contribution in [1.29, 1.82) is 0 Å². The molecular weight excluding hydrogens is 288 g/mol. The third-order valence-electron chi connectivity index (χ3n) is 3.04. The number of H-pyrrole nitrogens is 1. The van der Waals surface area contributed by atoms with Crippen molar-refractivity contribution in [2.45, 2.75) is 0 Å². The van der Waals surface area contributed by atoms with Crippen molar-refractivity contribution >= 4 is 11.6 Å². The second-order valence-corrected chi connectivity index (χ2v) is 4.74. The molecule has 0 unspecified atom stereocenters. The summed E-state index contributed by atoms with van der Waals surface area (Å²) in [6.45, 7) is 0.501. The summed E-state index contributed by atoms with van der Waals surface area (Å²) >= 11 is 5.61. The zero-order valence-corrected chi connectivity index (χ0v) is 11.9. The molecule has 0 aliphatic carbocycles. The molecule has 0 bridgehead atoms. The minimum absolute atomic E-state index is 0.475. The van der Waals surface area contributed by atoms with Crippen LogP contribution in [0.1, 0.15) is 0 Å². The SMILES string of the molecule is ClCCOc1ccc(-c2ccccc2-c2nnn[nH]2)cc1. The Balaban J connectivity index is 1.94. The van der Waals surface area contributed by atoms with Crippen LogP contribution in [0.4, 0.5) is 0 Å². The molecular formula is C15H13ClN4O. The molecule has 21 heavy (non-hydrogen) atoms. The molecule has 5 nitrogen and oxygen atoms in total. The van der Waals surface area contributed by atoms with E-state index >= 15 is 0 Å². The number of nitrogens with one attached hydrogen (secondary N) is 1. The first-order chi connectivity index (χ1) is 10.4. The van der Waals surface area contributed by atoms with Crippen molar-refractivity contribution in [2.75, 3.05) is 12.5 Å². The Morgan fingerprint density at radius 1 is 1.00 bits per heavy atom. The number of aromatic nitrogens is 4. The van der Waals surface area contributed by atoms with E-state index in [-0.39, 0.29) is 0 Å². The maximum Gasteiger partial charge on any atom is 0.180 e. The molecule has 0 fully saturated rings. The average Bonchev–Trinajstić information content (AvgIpc) is 3.08. The summed E-state index contributed by atoms with van der Waals surface area (Å²) in [4.78, 5) is 0. The van der Waals surface area contributed by atoms with Crippen molar-refractivity contribution in [3.8, 4) is 28.3 Å². The molecule has 0 atom stereocenters. The summed E-state index contributed by atoms with van der Waals surface area (Å²) in [5.74, 6) is 1.93. The molecule has 0 aliphatic rings. The van der Waals surface area contributed by atoms with Crippen LogP contribution < -0.4 is 4.74 Å². The van der Waals surface area contributed by atoms with Gasteiger partial charge in [0, 0.05) is 5.56 Å². The van der Waals surface area contributed by atoms with Gasteiger partial charge < -0.3 is 4.74 Å². The molecule has 0 saturated carbocycles. The van der Waals surface area contributed by atoms with Gasteiger partial charge in [-0.1, -0.05) is 36.4 Å². The van der Waals surface area contributed by atoms with Gasteiger partial charge in [0.15, 0.2) is 5.82 Å². The van der Waals surface area contributed by atoms with Crippen molar-refractivity contribution in [3.05, 3.63) is 48.5 Å². The minimum atomic E-state index is 0.475. The summed E-state index contributed by atoms with van der Waals surface area (Å²) in [6, 6.07) is 15.8. The smallest absolute Gasteiger partial charge is 0.180 e. The fourth-order valence-electron chi connectivity index (χ4n) is 2.10. The first-order valence-electron chi connectivity index (χ1n) is 6.51.